The Morgan fingerprint density at radius 3 is 2.29 bits per heavy atom. The largest absolute Gasteiger partial charge is 0.444 e. The summed E-state index contributed by atoms with van der Waals surface area (Å²) in [6.07, 6.45) is 2.65. The van der Waals surface area contributed by atoms with Crippen molar-refractivity contribution in [3.63, 3.8) is 0 Å². The molecule has 4 nitrogen and oxygen atoms in total. The third-order valence-electron chi connectivity index (χ3n) is 3.00. The Morgan fingerprint density at radius 1 is 1.35 bits per heavy atom. The van der Waals surface area contributed by atoms with Crippen molar-refractivity contribution in [2.24, 2.45) is 5.73 Å². The molecule has 4 heteroatoms. The van der Waals surface area contributed by atoms with E-state index in [1.165, 1.54) is 0 Å². The van der Waals surface area contributed by atoms with Crippen molar-refractivity contribution in [2.75, 3.05) is 0 Å². The number of amides is 1. The molecule has 0 heterocycles. The van der Waals surface area contributed by atoms with Crippen molar-refractivity contribution in [3.05, 3.63) is 0 Å². The van der Waals surface area contributed by atoms with Crippen molar-refractivity contribution in [2.45, 2.75) is 77.6 Å². The van der Waals surface area contributed by atoms with E-state index in [1.807, 2.05) is 39.5 Å². The predicted molar refractivity (Wildman–Crippen MR) is 68.8 cm³/mol. The first-order chi connectivity index (χ1) is 7.70. The van der Waals surface area contributed by atoms with E-state index in [9.17, 15) is 4.79 Å². The van der Waals surface area contributed by atoms with Gasteiger partial charge in [0, 0.05) is 18.1 Å². The van der Waals surface area contributed by atoms with Gasteiger partial charge in [-0.15, -0.1) is 0 Å². The van der Waals surface area contributed by atoms with Crippen LogP contribution in [0.4, 0.5) is 4.79 Å². The van der Waals surface area contributed by atoms with Crippen LogP contribution in [0, 0.1) is 0 Å². The minimum atomic E-state index is -0.440. The SMILES string of the molecule is CC(C)N(C(=O)OC(C)(C)C)C1CCC(N)C1. The first-order valence-corrected chi connectivity index (χ1v) is 6.47. The molecule has 2 N–H and O–H groups in total. The van der Waals surface area contributed by atoms with Crippen LogP contribution in [0.5, 0.6) is 0 Å². The van der Waals surface area contributed by atoms with Gasteiger partial charge in [0.05, 0.1) is 0 Å². The summed E-state index contributed by atoms with van der Waals surface area (Å²) in [7, 11) is 0. The third kappa shape index (κ3) is 4.19. The van der Waals surface area contributed by atoms with Gasteiger partial charge in [-0.3, -0.25) is 0 Å². The van der Waals surface area contributed by atoms with Crippen LogP contribution in [0.3, 0.4) is 0 Å². The van der Waals surface area contributed by atoms with Gasteiger partial charge >= 0.3 is 6.09 Å². The standard InChI is InChI=1S/C13H26N2O2/c1-9(2)15(11-7-6-10(14)8-11)12(16)17-13(3,4)5/h9-11H,6-8,14H2,1-5H3. The van der Waals surface area contributed by atoms with E-state index in [2.05, 4.69) is 0 Å². The predicted octanol–water partition coefficient (Wildman–Crippen LogP) is 2.51. The molecule has 0 aromatic heterocycles. The van der Waals surface area contributed by atoms with E-state index in [-0.39, 0.29) is 24.2 Å². The number of rotatable bonds is 2. The zero-order valence-corrected chi connectivity index (χ0v) is 11.7. The van der Waals surface area contributed by atoms with E-state index < -0.39 is 5.60 Å². The van der Waals surface area contributed by atoms with Gasteiger partial charge in [-0.1, -0.05) is 0 Å². The molecular formula is C13H26N2O2. The number of nitrogens with two attached hydrogens (primary N) is 1. The minimum absolute atomic E-state index is 0.153. The second kappa shape index (κ2) is 5.25. The molecule has 1 rings (SSSR count). The van der Waals surface area contributed by atoms with Crippen LogP contribution in [-0.4, -0.2) is 34.7 Å². The summed E-state index contributed by atoms with van der Waals surface area (Å²) in [5, 5.41) is 0. The maximum absolute atomic E-state index is 12.2. The molecule has 0 aromatic rings. The molecular weight excluding hydrogens is 216 g/mol. The summed E-state index contributed by atoms with van der Waals surface area (Å²) in [5.74, 6) is 0. The smallest absolute Gasteiger partial charge is 0.410 e. The molecule has 0 bridgehead atoms. The lowest BCUT2D eigenvalue weighted by Crippen LogP contribution is -2.46. The highest BCUT2D eigenvalue weighted by molar-refractivity contribution is 5.69. The van der Waals surface area contributed by atoms with Crippen LogP contribution >= 0.6 is 0 Å². The number of nitrogens with zero attached hydrogens (tertiary/aromatic N) is 1. The van der Waals surface area contributed by atoms with Crippen LogP contribution in [0.2, 0.25) is 0 Å². The molecule has 0 aromatic carbocycles. The summed E-state index contributed by atoms with van der Waals surface area (Å²) < 4.78 is 5.45. The number of carbonyl (C=O) groups is 1. The Morgan fingerprint density at radius 2 is 1.94 bits per heavy atom. The van der Waals surface area contributed by atoms with Gasteiger partial charge in [0.25, 0.3) is 0 Å². The van der Waals surface area contributed by atoms with E-state index in [0.717, 1.165) is 19.3 Å². The lowest BCUT2D eigenvalue weighted by molar-refractivity contribution is 0.00908. The van der Waals surface area contributed by atoms with Gasteiger partial charge in [-0.2, -0.15) is 0 Å². The normalized spacial score (nSPS) is 25.1. The van der Waals surface area contributed by atoms with Crippen LogP contribution in [0.15, 0.2) is 0 Å². The Bertz CT molecular complexity index is 271. The highest BCUT2D eigenvalue weighted by Crippen LogP contribution is 2.26. The molecule has 2 unspecified atom stereocenters. The van der Waals surface area contributed by atoms with E-state index in [1.54, 1.807) is 0 Å². The van der Waals surface area contributed by atoms with Gasteiger partial charge < -0.3 is 15.4 Å². The van der Waals surface area contributed by atoms with Gasteiger partial charge in [-0.25, -0.2) is 4.79 Å². The zero-order valence-electron chi connectivity index (χ0n) is 11.7. The first-order valence-electron chi connectivity index (χ1n) is 6.47. The van der Waals surface area contributed by atoms with Gasteiger partial charge in [0.15, 0.2) is 0 Å². The van der Waals surface area contributed by atoms with E-state index in [4.69, 9.17) is 10.5 Å². The van der Waals surface area contributed by atoms with Crippen LogP contribution in [0.1, 0.15) is 53.9 Å². The quantitative estimate of drug-likeness (QED) is 0.809. The molecule has 100 valence electrons. The average Bonchev–Trinajstić information content (AvgIpc) is 2.47. The molecule has 1 saturated carbocycles. The maximum atomic E-state index is 12.2. The second-order valence-electron chi connectivity index (χ2n) is 6.21. The molecule has 0 aliphatic heterocycles. The Kier molecular flexibility index (Phi) is 4.42. The Balaban J connectivity index is 2.69. The molecule has 2 atom stereocenters. The summed E-state index contributed by atoms with van der Waals surface area (Å²) in [4.78, 5) is 14.0. The van der Waals surface area contributed by atoms with Crippen molar-refractivity contribution >= 4 is 6.09 Å². The van der Waals surface area contributed by atoms with Crippen molar-refractivity contribution < 1.29 is 9.53 Å². The Hall–Kier alpha value is -0.770. The summed E-state index contributed by atoms with van der Waals surface area (Å²) in [5.41, 5.74) is 5.47. The number of hydrogen-bond donors (Lipinski definition) is 1. The first kappa shape index (κ1) is 14.3. The lowest BCUT2D eigenvalue weighted by Gasteiger charge is -2.34. The van der Waals surface area contributed by atoms with Crippen molar-refractivity contribution in [3.8, 4) is 0 Å². The molecule has 0 spiro atoms. The highest BCUT2D eigenvalue weighted by atomic mass is 16.6. The van der Waals surface area contributed by atoms with Gasteiger partial charge in [-0.05, 0) is 53.9 Å². The van der Waals surface area contributed by atoms with Crippen molar-refractivity contribution in [1.82, 2.24) is 4.90 Å². The summed E-state index contributed by atoms with van der Waals surface area (Å²) >= 11 is 0. The fraction of sp³-hybridized carbons (Fsp3) is 0.923. The molecule has 0 radical (unpaired) electrons. The second-order valence-corrected chi connectivity index (χ2v) is 6.21. The van der Waals surface area contributed by atoms with Crippen LogP contribution in [-0.2, 0) is 4.74 Å². The molecule has 1 amide bonds. The minimum Gasteiger partial charge on any atom is -0.444 e. The van der Waals surface area contributed by atoms with E-state index in [0.29, 0.717) is 0 Å². The maximum Gasteiger partial charge on any atom is 0.410 e. The summed E-state index contributed by atoms with van der Waals surface area (Å²) in [6, 6.07) is 0.615. The number of ether oxygens (including phenoxy) is 1. The third-order valence-corrected chi connectivity index (χ3v) is 3.00. The monoisotopic (exact) mass is 242 g/mol. The summed E-state index contributed by atoms with van der Waals surface area (Å²) in [6.45, 7) is 9.72. The molecule has 17 heavy (non-hydrogen) atoms. The fourth-order valence-corrected chi connectivity index (χ4v) is 2.34. The molecule has 0 saturated heterocycles. The van der Waals surface area contributed by atoms with Crippen molar-refractivity contribution in [1.29, 1.82) is 0 Å². The molecule has 1 aliphatic carbocycles. The molecule has 1 aliphatic rings. The lowest BCUT2D eigenvalue weighted by atomic mass is 10.1. The van der Waals surface area contributed by atoms with Crippen LogP contribution in [0.25, 0.3) is 0 Å². The molecule has 1 fully saturated rings. The highest BCUT2D eigenvalue weighted by Gasteiger charge is 2.34. The van der Waals surface area contributed by atoms with E-state index >= 15 is 0 Å². The van der Waals surface area contributed by atoms with Crippen LogP contribution < -0.4 is 5.73 Å². The zero-order chi connectivity index (χ0) is 13.2. The topological polar surface area (TPSA) is 55.6 Å². The Labute approximate surface area is 104 Å². The van der Waals surface area contributed by atoms with Gasteiger partial charge in [0.1, 0.15) is 5.60 Å². The number of carbonyl (C=O) groups excluding carboxylic acids is 1. The van der Waals surface area contributed by atoms with Gasteiger partial charge in [0.2, 0.25) is 0 Å². The fourth-order valence-electron chi connectivity index (χ4n) is 2.34. The average molecular weight is 242 g/mol. The number of hydrogen-bond acceptors (Lipinski definition) is 3.